The van der Waals surface area contributed by atoms with Crippen LogP contribution in [0.3, 0.4) is 0 Å². The molecule has 0 atom stereocenters. The molecule has 0 aliphatic heterocycles. The average Bonchev–Trinajstić information content (AvgIpc) is 2.86. The number of amides is 1. The molecule has 1 aromatic heterocycles. The van der Waals surface area contributed by atoms with E-state index in [4.69, 9.17) is 15.2 Å². The molecule has 4 N–H and O–H groups in total. The molecule has 0 fully saturated rings. The quantitative estimate of drug-likeness (QED) is 0.231. The fraction of sp³-hybridized carbons (Fsp3) is 0.321. The van der Waals surface area contributed by atoms with Crippen molar-refractivity contribution < 1.29 is 46.1 Å². The van der Waals surface area contributed by atoms with Crippen LogP contribution < -0.4 is 20.7 Å². The Morgan fingerprint density at radius 1 is 1.05 bits per heavy atom. The number of carbonyl (C=O) groups is 2. The predicted molar refractivity (Wildman–Crippen MR) is 145 cm³/mol. The summed E-state index contributed by atoms with van der Waals surface area (Å²) < 4.78 is 78.9. The Balaban J connectivity index is 1.92. The molecule has 0 saturated carbocycles. The highest BCUT2D eigenvalue weighted by Crippen LogP contribution is 2.36. The number of aromatic carboxylic acids is 1. The highest BCUT2D eigenvalue weighted by Gasteiger charge is 2.37. The van der Waals surface area contributed by atoms with E-state index in [0.29, 0.717) is 6.07 Å². The summed E-state index contributed by atoms with van der Waals surface area (Å²) in [5, 5.41) is 12.1. The Kier molecular flexibility index (Phi) is 9.49. The highest BCUT2D eigenvalue weighted by atomic mass is 19.4. The minimum absolute atomic E-state index is 0.0233. The second-order valence-corrected chi connectivity index (χ2v) is 10.1. The zero-order chi connectivity index (χ0) is 31.4. The van der Waals surface area contributed by atoms with E-state index >= 15 is 0 Å². The Morgan fingerprint density at radius 3 is 2.31 bits per heavy atom. The molecule has 0 radical (unpaired) electrons. The fourth-order valence-corrected chi connectivity index (χ4v) is 3.94. The van der Waals surface area contributed by atoms with Crippen molar-refractivity contribution in [2.75, 3.05) is 29.6 Å². The predicted octanol–water partition coefficient (Wildman–Crippen LogP) is 6.79. The third-order valence-corrected chi connectivity index (χ3v) is 5.78. The number of aromatic nitrogens is 1. The molecular weight excluding hydrogens is 567 g/mol. The Hall–Kier alpha value is -4.62. The number of carboxylic acids is 1. The SMILES string of the molecule is COc1ccc(N)c(N(CCCc2cc(F)ccc2Nc2ccc(C(F)(F)F)c(F)c2C(=O)O)C(=O)OC(C)(C)C)n1. The number of alkyl halides is 3. The summed E-state index contributed by atoms with van der Waals surface area (Å²) in [5.41, 5.74) is 2.31. The number of aryl methyl sites for hydroxylation is 1. The van der Waals surface area contributed by atoms with E-state index < -0.39 is 52.3 Å². The topological polar surface area (TPSA) is 127 Å². The molecule has 1 heterocycles. The van der Waals surface area contributed by atoms with Gasteiger partial charge in [-0.1, -0.05) is 0 Å². The molecule has 3 rings (SSSR count). The molecule has 0 aliphatic carbocycles. The zero-order valence-corrected chi connectivity index (χ0v) is 23.1. The monoisotopic (exact) mass is 596 g/mol. The first-order chi connectivity index (χ1) is 19.5. The van der Waals surface area contributed by atoms with Crippen molar-refractivity contribution in [3.8, 4) is 5.88 Å². The van der Waals surface area contributed by atoms with Gasteiger partial charge in [0.2, 0.25) is 5.88 Å². The van der Waals surface area contributed by atoms with Gasteiger partial charge < -0.3 is 25.6 Å². The van der Waals surface area contributed by atoms with Crippen molar-refractivity contribution in [3.63, 3.8) is 0 Å². The minimum atomic E-state index is -5.12. The lowest BCUT2D eigenvalue weighted by Gasteiger charge is -2.27. The number of carboxylic acid groups (broad SMARTS) is 1. The summed E-state index contributed by atoms with van der Waals surface area (Å²) in [5.74, 6) is -4.30. The maximum atomic E-state index is 14.6. The number of hydrogen-bond acceptors (Lipinski definition) is 7. The highest BCUT2D eigenvalue weighted by molar-refractivity contribution is 5.96. The van der Waals surface area contributed by atoms with Crippen LogP contribution >= 0.6 is 0 Å². The molecule has 2 aromatic carbocycles. The standard InChI is InChI=1S/C28H29F5N4O5/c1-27(2,3)42-26(40)37(24-18(34)9-12-21(36-24)41-4)13-5-6-15-14-16(29)7-10-19(15)35-20-11-8-17(28(31,32)33)23(30)22(20)25(38)39/h7-12,14,35H,5-6,13,34H2,1-4H3,(H,38,39). The lowest BCUT2D eigenvalue weighted by atomic mass is 10.0. The number of ether oxygens (including phenoxy) is 2. The number of nitrogens with one attached hydrogen (secondary N) is 1. The second kappa shape index (κ2) is 12.5. The molecule has 0 unspecified atom stereocenters. The second-order valence-electron chi connectivity index (χ2n) is 10.1. The number of benzene rings is 2. The maximum absolute atomic E-state index is 14.6. The molecule has 0 spiro atoms. The summed E-state index contributed by atoms with van der Waals surface area (Å²) in [6, 6.07) is 7.60. The summed E-state index contributed by atoms with van der Waals surface area (Å²) in [6.45, 7) is 4.99. The number of nitrogens with two attached hydrogens (primary N) is 1. The molecule has 42 heavy (non-hydrogen) atoms. The number of halogens is 5. The van der Waals surface area contributed by atoms with E-state index in [1.165, 1.54) is 30.2 Å². The normalized spacial score (nSPS) is 11.6. The number of nitrogen functional groups attached to an aromatic ring is 1. The molecule has 0 saturated heterocycles. The van der Waals surface area contributed by atoms with E-state index in [1.54, 1.807) is 20.8 Å². The van der Waals surface area contributed by atoms with Gasteiger partial charge in [0.05, 0.1) is 24.0 Å². The van der Waals surface area contributed by atoms with Crippen molar-refractivity contribution in [1.29, 1.82) is 0 Å². The van der Waals surface area contributed by atoms with Crippen molar-refractivity contribution in [1.82, 2.24) is 4.98 Å². The number of carbonyl (C=O) groups excluding carboxylic acids is 1. The van der Waals surface area contributed by atoms with E-state index in [0.717, 1.165) is 18.2 Å². The number of nitrogens with zero attached hydrogens (tertiary/aromatic N) is 2. The Bertz CT molecular complexity index is 1470. The van der Waals surface area contributed by atoms with Crippen LogP contribution in [0.4, 0.5) is 49.6 Å². The van der Waals surface area contributed by atoms with Gasteiger partial charge in [0, 0.05) is 18.3 Å². The van der Waals surface area contributed by atoms with Gasteiger partial charge >= 0.3 is 18.2 Å². The van der Waals surface area contributed by atoms with Gasteiger partial charge in [0.1, 0.15) is 17.0 Å². The first-order valence-corrected chi connectivity index (χ1v) is 12.5. The van der Waals surface area contributed by atoms with Crippen LogP contribution in [-0.4, -0.2) is 41.4 Å². The van der Waals surface area contributed by atoms with Crippen LogP contribution in [0.2, 0.25) is 0 Å². The van der Waals surface area contributed by atoms with Gasteiger partial charge in [0.25, 0.3) is 0 Å². The van der Waals surface area contributed by atoms with Crippen LogP contribution in [0.5, 0.6) is 5.88 Å². The van der Waals surface area contributed by atoms with E-state index in [1.807, 2.05) is 0 Å². The van der Waals surface area contributed by atoms with Crippen molar-refractivity contribution >= 4 is 34.9 Å². The summed E-state index contributed by atoms with van der Waals surface area (Å²) in [7, 11) is 1.39. The van der Waals surface area contributed by atoms with Crippen LogP contribution in [0.15, 0.2) is 42.5 Å². The molecule has 9 nitrogen and oxygen atoms in total. The number of pyridine rings is 1. The van der Waals surface area contributed by atoms with E-state index in [2.05, 4.69) is 10.3 Å². The number of methoxy groups -OCH3 is 1. The first-order valence-electron chi connectivity index (χ1n) is 12.5. The molecule has 1 amide bonds. The number of hydrogen-bond donors (Lipinski definition) is 3. The third kappa shape index (κ3) is 7.77. The zero-order valence-electron chi connectivity index (χ0n) is 23.1. The minimum Gasteiger partial charge on any atom is -0.481 e. The largest absolute Gasteiger partial charge is 0.481 e. The van der Waals surface area contributed by atoms with Gasteiger partial charge in [-0.2, -0.15) is 18.2 Å². The fourth-order valence-electron chi connectivity index (χ4n) is 3.94. The van der Waals surface area contributed by atoms with Crippen LogP contribution in [0.1, 0.15) is 48.7 Å². The molecule has 3 aromatic rings. The van der Waals surface area contributed by atoms with Gasteiger partial charge in [-0.3, -0.25) is 4.90 Å². The first kappa shape index (κ1) is 31.9. The molecular formula is C28H29F5N4O5. The molecule has 0 bridgehead atoms. The lowest BCUT2D eigenvalue weighted by molar-refractivity contribution is -0.140. The van der Waals surface area contributed by atoms with E-state index in [9.17, 15) is 36.6 Å². The van der Waals surface area contributed by atoms with Crippen LogP contribution in [0, 0.1) is 11.6 Å². The van der Waals surface area contributed by atoms with Crippen LogP contribution in [0.25, 0.3) is 0 Å². The Labute approximate surface area is 238 Å². The summed E-state index contributed by atoms with van der Waals surface area (Å²) in [4.78, 5) is 30.2. The van der Waals surface area contributed by atoms with E-state index in [-0.39, 0.29) is 48.0 Å². The molecule has 14 heteroatoms. The Morgan fingerprint density at radius 2 is 1.71 bits per heavy atom. The van der Waals surface area contributed by atoms with Gasteiger partial charge in [-0.15, -0.1) is 0 Å². The van der Waals surface area contributed by atoms with Gasteiger partial charge in [0.15, 0.2) is 11.6 Å². The third-order valence-electron chi connectivity index (χ3n) is 5.78. The maximum Gasteiger partial charge on any atom is 0.419 e. The lowest BCUT2D eigenvalue weighted by Crippen LogP contribution is -2.38. The number of anilines is 4. The summed E-state index contributed by atoms with van der Waals surface area (Å²) >= 11 is 0. The molecule has 0 aliphatic rings. The molecule has 226 valence electrons. The van der Waals surface area contributed by atoms with Crippen molar-refractivity contribution in [2.45, 2.75) is 45.4 Å². The van der Waals surface area contributed by atoms with Gasteiger partial charge in [-0.25, -0.2) is 18.4 Å². The van der Waals surface area contributed by atoms with Crippen molar-refractivity contribution in [2.24, 2.45) is 0 Å². The van der Waals surface area contributed by atoms with Gasteiger partial charge in [-0.05, 0) is 75.6 Å². The smallest absolute Gasteiger partial charge is 0.419 e. The average molecular weight is 597 g/mol. The number of rotatable bonds is 9. The summed E-state index contributed by atoms with van der Waals surface area (Å²) in [6.07, 6.45) is -5.63. The van der Waals surface area contributed by atoms with Crippen LogP contribution in [-0.2, 0) is 17.3 Å². The van der Waals surface area contributed by atoms with Crippen molar-refractivity contribution in [3.05, 3.63) is 70.8 Å².